The highest BCUT2D eigenvalue weighted by Gasteiger charge is 2.38. The molecule has 114 valence electrons. The maximum absolute atomic E-state index is 10.4. The fourth-order valence-electron chi connectivity index (χ4n) is 3.49. The van der Waals surface area contributed by atoms with Crippen LogP contribution in [0, 0.1) is 17.3 Å². The second-order valence-electron chi connectivity index (χ2n) is 7.47. The van der Waals surface area contributed by atoms with Crippen molar-refractivity contribution in [2.75, 3.05) is 13.1 Å². The summed E-state index contributed by atoms with van der Waals surface area (Å²) in [6, 6.07) is 0.372. The van der Waals surface area contributed by atoms with E-state index in [0.29, 0.717) is 17.4 Å². The van der Waals surface area contributed by atoms with Crippen LogP contribution in [0.3, 0.4) is 0 Å². The second-order valence-corrected chi connectivity index (χ2v) is 7.47. The minimum absolute atomic E-state index is 0.123. The van der Waals surface area contributed by atoms with Gasteiger partial charge in [-0.1, -0.05) is 48.0 Å². The van der Waals surface area contributed by atoms with Crippen molar-refractivity contribution in [1.82, 2.24) is 4.90 Å². The van der Waals surface area contributed by atoms with E-state index in [1.165, 1.54) is 19.3 Å². The Morgan fingerprint density at radius 3 is 2.32 bits per heavy atom. The third kappa shape index (κ3) is 4.46. The summed E-state index contributed by atoms with van der Waals surface area (Å²) in [6.45, 7) is 16.0. The molecule has 0 radical (unpaired) electrons. The summed E-state index contributed by atoms with van der Waals surface area (Å²) < 4.78 is 0. The molecule has 2 heteroatoms. The molecule has 0 amide bonds. The van der Waals surface area contributed by atoms with E-state index in [4.69, 9.17) is 0 Å². The highest BCUT2D eigenvalue weighted by Crippen LogP contribution is 2.41. The zero-order chi connectivity index (χ0) is 14.6. The van der Waals surface area contributed by atoms with E-state index in [9.17, 15) is 5.11 Å². The van der Waals surface area contributed by atoms with E-state index in [1.54, 1.807) is 0 Å². The number of nitrogens with zero attached hydrogens (tertiary/aromatic N) is 1. The Balaban J connectivity index is 2.74. The Morgan fingerprint density at radius 2 is 1.84 bits per heavy atom. The van der Waals surface area contributed by atoms with Gasteiger partial charge in [0.25, 0.3) is 0 Å². The topological polar surface area (TPSA) is 23.5 Å². The van der Waals surface area contributed by atoms with E-state index < -0.39 is 0 Å². The fraction of sp³-hybridized carbons (Fsp3) is 1.00. The molecule has 0 saturated heterocycles. The van der Waals surface area contributed by atoms with Crippen LogP contribution >= 0.6 is 0 Å². The SMILES string of the molecule is CCN(CC(C)C)C1CC(C(C)(C)CC)CCC1O. The molecule has 0 heterocycles. The highest BCUT2D eigenvalue weighted by molar-refractivity contribution is 4.91. The Bertz CT molecular complexity index is 262. The van der Waals surface area contributed by atoms with Crippen molar-refractivity contribution in [3.63, 3.8) is 0 Å². The van der Waals surface area contributed by atoms with Crippen LogP contribution in [0.15, 0.2) is 0 Å². The molecule has 0 aliphatic heterocycles. The van der Waals surface area contributed by atoms with Gasteiger partial charge in [0.15, 0.2) is 0 Å². The molecule has 19 heavy (non-hydrogen) atoms. The number of hydrogen-bond donors (Lipinski definition) is 1. The first kappa shape index (κ1) is 17.0. The summed E-state index contributed by atoms with van der Waals surface area (Å²) in [7, 11) is 0. The molecule has 3 atom stereocenters. The first-order valence-electron chi connectivity index (χ1n) is 8.23. The third-order valence-corrected chi connectivity index (χ3v) is 5.27. The van der Waals surface area contributed by atoms with Gasteiger partial charge in [0, 0.05) is 12.6 Å². The van der Waals surface area contributed by atoms with Crippen molar-refractivity contribution in [3.05, 3.63) is 0 Å². The molecule has 0 aromatic heterocycles. The number of hydrogen-bond acceptors (Lipinski definition) is 2. The van der Waals surface area contributed by atoms with Gasteiger partial charge in [0.05, 0.1) is 6.10 Å². The Kier molecular flexibility index (Phi) is 6.32. The molecule has 1 aliphatic rings. The lowest BCUT2D eigenvalue weighted by atomic mass is 9.67. The van der Waals surface area contributed by atoms with Crippen LogP contribution in [0.2, 0.25) is 0 Å². The van der Waals surface area contributed by atoms with Crippen LogP contribution in [-0.4, -0.2) is 35.2 Å². The lowest BCUT2D eigenvalue weighted by Crippen LogP contribution is -2.50. The number of likely N-dealkylation sites (N-methyl/N-ethyl adjacent to an activating group) is 1. The Morgan fingerprint density at radius 1 is 1.21 bits per heavy atom. The van der Waals surface area contributed by atoms with Crippen LogP contribution in [0.1, 0.15) is 67.2 Å². The fourth-order valence-corrected chi connectivity index (χ4v) is 3.49. The maximum atomic E-state index is 10.4. The quantitative estimate of drug-likeness (QED) is 0.790. The van der Waals surface area contributed by atoms with Gasteiger partial charge >= 0.3 is 0 Å². The van der Waals surface area contributed by atoms with Crippen LogP contribution in [-0.2, 0) is 0 Å². The van der Waals surface area contributed by atoms with Gasteiger partial charge in [-0.3, -0.25) is 4.90 Å². The average molecular weight is 269 g/mol. The van der Waals surface area contributed by atoms with Crippen LogP contribution in [0.4, 0.5) is 0 Å². The van der Waals surface area contributed by atoms with Crippen LogP contribution in [0.5, 0.6) is 0 Å². The molecule has 3 unspecified atom stereocenters. The molecular formula is C17H35NO. The normalized spacial score (nSPS) is 29.2. The predicted octanol–water partition coefficient (Wildman–Crippen LogP) is 3.93. The van der Waals surface area contributed by atoms with Gasteiger partial charge in [0.1, 0.15) is 0 Å². The van der Waals surface area contributed by atoms with Crippen LogP contribution in [0.25, 0.3) is 0 Å². The van der Waals surface area contributed by atoms with Gasteiger partial charge in [-0.05, 0) is 43.1 Å². The van der Waals surface area contributed by atoms with Crippen molar-refractivity contribution in [2.24, 2.45) is 17.3 Å². The van der Waals surface area contributed by atoms with Crippen LogP contribution < -0.4 is 0 Å². The van der Waals surface area contributed by atoms with Crippen molar-refractivity contribution >= 4 is 0 Å². The highest BCUT2D eigenvalue weighted by atomic mass is 16.3. The van der Waals surface area contributed by atoms with Gasteiger partial charge in [-0.2, -0.15) is 0 Å². The van der Waals surface area contributed by atoms with Gasteiger partial charge in [-0.25, -0.2) is 0 Å². The van der Waals surface area contributed by atoms with Gasteiger partial charge in [0.2, 0.25) is 0 Å². The molecule has 0 aromatic rings. The molecule has 2 nitrogen and oxygen atoms in total. The lowest BCUT2D eigenvalue weighted by Gasteiger charge is -2.45. The number of aliphatic hydroxyl groups is 1. The van der Waals surface area contributed by atoms with Gasteiger partial charge in [-0.15, -0.1) is 0 Å². The maximum Gasteiger partial charge on any atom is 0.0695 e. The monoisotopic (exact) mass is 269 g/mol. The van der Waals surface area contributed by atoms with Gasteiger partial charge < -0.3 is 5.11 Å². The molecule has 1 N–H and O–H groups in total. The molecule has 1 aliphatic carbocycles. The summed E-state index contributed by atoms with van der Waals surface area (Å²) in [5.41, 5.74) is 0.412. The van der Waals surface area contributed by atoms with E-state index in [2.05, 4.69) is 46.4 Å². The third-order valence-electron chi connectivity index (χ3n) is 5.27. The molecule has 1 rings (SSSR count). The zero-order valence-corrected chi connectivity index (χ0v) is 13.9. The average Bonchev–Trinajstić information content (AvgIpc) is 2.36. The van der Waals surface area contributed by atoms with Crippen molar-refractivity contribution < 1.29 is 5.11 Å². The second kappa shape index (κ2) is 7.08. The summed E-state index contributed by atoms with van der Waals surface area (Å²) in [5, 5.41) is 10.4. The summed E-state index contributed by atoms with van der Waals surface area (Å²) in [6.07, 6.45) is 4.45. The zero-order valence-electron chi connectivity index (χ0n) is 13.9. The molecule has 1 fully saturated rings. The lowest BCUT2D eigenvalue weighted by molar-refractivity contribution is -0.0226. The standard InChI is InChI=1S/C17H35NO/c1-7-17(5,6)14-9-10-16(19)15(11-14)18(8-2)12-13(3)4/h13-16,19H,7-12H2,1-6H3. The van der Waals surface area contributed by atoms with Crippen molar-refractivity contribution in [1.29, 1.82) is 0 Å². The first-order chi connectivity index (χ1) is 8.81. The smallest absolute Gasteiger partial charge is 0.0695 e. The van der Waals surface area contributed by atoms with Crippen molar-refractivity contribution in [2.45, 2.75) is 79.4 Å². The summed E-state index contributed by atoms with van der Waals surface area (Å²) in [4.78, 5) is 2.51. The first-order valence-corrected chi connectivity index (χ1v) is 8.23. The molecule has 0 spiro atoms. The van der Waals surface area contributed by atoms with E-state index in [-0.39, 0.29) is 6.10 Å². The van der Waals surface area contributed by atoms with E-state index in [0.717, 1.165) is 25.4 Å². The van der Waals surface area contributed by atoms with E-state index in [1.807, 2.05) is 0 Å². The summed E-state index contributed by atoms with van der Waals surface area (Å²) in [5.74, 6) is 1.43. The van der Waals surface area contributed by atoms with Crippen molar-refractivity contribution in [3.8, 4) is 0 Å². The van der Waals surface area contributed by atoms with E-state index >= 15 is 0 Å². The summed E-state index contributed by atoms with van der Waals surface area (Å²) >= 11 is 0. The predicted molar refractivity (Wildman–Crippen MR) is 83.3 cm³/mol. The molecule has 1 saturated carbocycles. The molecule has 0 bridgehead atoms. The minimum Gasteiger partial charge on any atom is -0.391 e. The molecular weight excluding hydrogens is 234 g/mol. The number of aliphatic hydroxyl groups excluding tert-OH is 1. The minimum atomic E-state index is -0.123. The Labute approximate surface area is 120 Å². The molecule has 0 aromatic carbocycles. The Hall–Kier alpha value is -0.0800. The number of rotatable bonds is 6. The largest absolute Gasteiger partial charge is 0.391 e.